The zero-order valence-electron chi connectivity index (χ0n) is 10.7. The third-order valence-corrected chi connectivity index (χ3v) is 2.69. The molecule has 0 aliphatic carbocycles. The van der Waals surface area contributed by atoms with Crippen LogP contribution >= 0.6 is 0 Å². The minimum atomic E-state index is -4.92. The second-order valence-electron chi connectivity index (χ2n) is 4.26. The van der Waals surface area contributed by atoms with E-state index >= 15 is 0 Å². The highest BCUT2D eigenvalue weighted by molar-refractivity contribution is 5.94. The van der Waals surface area contributed by atoms with Crippen molar-refractivity contribution >= 4 is 5.91 Å². The predicted octanol–water partition coefficient (Wildman–Crippen LogP) is 3.63. The van der Waals surface area contributed by atoms with E-state index in [0.717, 1.165) is 18.2 Å². The average molecular weight is 317 g/mol. The summed E-state index contributed by atoms with van der Waals surface area (Å²) in [5, 5.41) is 0. The molecule has 2 aromatic carbocycles. The van der Waals surface area contributed by atoms with Crippen LogP contribution in [0.25, 0.3) is 11.1 Å². The molecule has 0 radical (unpaired) electrons. The van der Waals surface area contributed by atoms with Crippen molar-refractivity contribution in [3.8, 4) is 16.9 Å². The van der Waals surface area contributed by atoms with Gasteiger partial charge in [-0.25, -0.2) is 8.78 Å². The minimum absolute atomic E-state index is 0.0961. The zero-order valence-corrected chi connectivity index (χ0v) is 10.7. The number of primary amides is 1. The van der Waals surface area contributed by atoms with Gasteiger partial charge >= 0.3 is 6.36 Å². The van der Waals surface area contributed by atoms with Crippen molar-refractivity contribution in [2.75, 3.05) is 0 Å². The lowest BCUT2D eigenvalue weighted by atomic mass is 10.0. The summed E-state index contributed by atoms with van der Waals surface area (Å²) in [6.45, 7) is 0. The summed E-state index contributed by atoms with van der Waals surface area (Å²) in [4.78, 5) is 11.1. The maximum atomic E-state index is 13.8. The minimum Gasteiger partial charge on any atom is -0.406 e. The van der Waals surface area contributed by atoms with Crippen LogP contribution in [0.2, 0.25) is 0 Å². The highest BCUT2D eigenvalue weighted by Crippen LogP contribution is 2.31. The van der Waals surface area contributed by atoms with Gasteiger partial charge in [-0.2, -0.15) is 0 Å². The van der Waals surface area contributed by atoms with Gasteiger partial charge in [0.05, 0.1) is 0 Å². The molecule has 0 bridgehead atoms. The third kappa shape index (κ3) is 3.51. The average Bonchev–Trinajstić information content (AvgIpc) is 2.39. The molecule has 2 rings (SSSR count). The summed E-state index contributed by atoms with van der Waals surface area (Å²) >= 11 is 0. The quantitative estimate of drug-likeness (QED) is 0.879. The summed E-state index contributed by atoms with van der Waals surface area (Å²) in [5.41, 5.74) is 4.18. The second-order valence-corrected chi connectivity index (χ2v) is 4.26. The van der Waals surface area contributed by atoms with E-state index in [-0.39, 0.29) is 11.1 Å². The Hall–Kier alpha value is -2.64. The highest BCUT2D eigenvalue weighted by Gasteiger charge is 2.31. The molecule has 2 aromatic rings. The number of hydrogen-bond acceptors (Lipinski definition) is 2. The Bertz CT molecular complexity index is 728. The van der Waals surface area contributed by atoms with Crippen LogP contribution in [-0.2, 0) is 0 Å². The first-order valence-corrected chi connectivity index (χ1v) is 5.82. The van der Waals surface area contributed by atoms with Gasteiger partial charge in [0.25, 0.3) is 0 Å². The van der Waals surface area contributed by atoms with E-state index in [4.69, 9.17) is 5.73 Å². The maximum absolute atomic E-state index is 13.8. The molecular weight excluding hydrogens is 309 g/mol. The molecule has 0 heterocycles. The molecular formula is C14H8F5NO2. The second kappa shape index (κ2) is 5.63. The monoisotopic (exact) mass is 317 g/mol. The Balaban J connectivity index is 2.52. The molecule has 2 N–H and O–H groups in total. The maximum Gasteiger partial charge on any atom is 0.573 e. The first-order chi connectivity index (χ1) is 10.2. The lowest BCUT2D eigenvalue weighted by Crippen LogP contribution is -2.17. The smallest absolute Gasteiger partial charge is 0.406 e. The van der Waals surface area contributed by atoms with E-state index in [9.17, 15) is 26.7 Å². The van der Waals surface area contributed by atoms with E-state index < -0.39 is 35.2 Å². The van der Waals surface area contributed by atoms with Crippen LogP contribution in [0.5, 0.6) is 5.75 Å². The molecule has 0 unspecified atom stereocenters. The number of nitrogens with two attached hydrogens (primary N) is 1. The van der Waals surface area contributed by atoms with Crippen LogP contribution in [0.1, 0.15) is 10.4 Å². The molecule has 0 aliphatic heterocycles. The summed E-state index contributed by atoms with van der Waals surface area (Å²) in [5.74, 6) is -4.25. The highest BCUT2D eigenvalue weighted by atomic mass is 19.4. The molecule has 8 heteroatoms. The van der Waals surface area contributed by atoms with Crippen LogP contribution in [0, 0.1) is 11.6 Å². The number of ether oxygens (including phenoxy) is 1. The fourth-order valence-corrected chi connectivity index (χ4v) is 1.80. The van der Waals surface area contributed by atoms with E-state index in [0.29, 0.717) is 6.07 Å². The fourth-order valence-electron chi connectivity index (χ4n) is 1.80. The summed E-state index contributed by atoms with van der Waals surface area (Å²) in [6.07, 6.45) is -4.92. The molecule has 0 atom stereocenters. The molecule has 3 nitrogen and oxygen atoms in total. The Morgan fingerprint density at radius 3 is 2.36 bits per heavy atom. The molecule has 116 valence electrons. The van der Waals surface area contributed by atoms with Crippen LogP contribution in [0.3, 0.4) is 0 Å². The Morgan fingerprint density at radius 2 is 1.77 bits per heavy atom. The van der Waals surface area contributed by atoms with Crippen molar-refractivity contribution < 1.29 is 31.5 Å². The molecule has 0 fully saturated rings. The van der Waals surface area contributed by atoms with Gasteiger partial charge in [0.2, 0.25) is 5.91 Å². The standard InChI is InChI=1S/C14H8F5NO2/c15-11-6-8(13(20)21)5-10(12(11)16)7-2-1-3-9(4-7)22-14(17,18)19/h1-6H,(H2,20,21). The lowest BCUT2D eigenvalue weighted by Gasteiger charge is -2.11. The van der Waals surface area contributed by atoms with Crippen molar-refractivity contribution in [3.05, 3.63) is 53.6 Å². The van der Waals surface area contributed by atoms with Gasteiger partial charge in [0.15, 0.2) is 11.6 Å². The number of carbonyl (C=O) groups excluding carboxylic acids is 1. The molecule has 22 heavy (non-hydrogen) atoms. The van der Waals surface area contributed by atoms with Crippen LogP contribution in [0.15, 0.2) is 36.4 Å². The molecule has 0 aliphatic rings. The summed E-state index contributed by atoms with van der Waals surface area (Å²) in [6, 6.07) is 5.85. The number of carbonyl (C=O) groups is 1. The van der Waals surface area contributed by atoms with Gasteiger partial charge in [-0.3, -0.25) is 4.79 Å². The van der Waals surface area contributed by atoms with Crippen molar-refractivity contribution in [1.29, 1.82) is 0 Å². The summed E-state index contributed by atoms with van der Waals surface area (Å²) in [7, 11) is 0. The number of alkyl halides is 3. The van der Waals surface area contributed by atoms with Crippen LogP contribution in [0.4, 0.5) is 22.0 Å². The number of amides is 1. The Kier molecular flexibility index (Phi) is 4.03. The largest absolute Gasteiger partial charge is 0.573 e. The Labute approximate surface area is 121 Å². The van der Waals surface area contributed by atoms with Gasteiger partial charge in [0, 0.05) is 11.1 Å². The van der Waals surface area contributed by atoms with E-state index in [2.05, 4.69) is 4.74 Å². The van der Waals surface area contributed by atoms with Crippen molar-refractivity contribution in [2.24, 2.45) is 5.73 Å². The van der Waals surface area contributed by atoms with Crippen molar-refractivity contribution in [2.45, 2.75) is 6.36 Å². The van der Waals surface area contributed by atoms with E-state index in [1.165, 1.54) is 12.1 Å². The number of halogens is 5. The first kappa shape index (κ1) is 15.7. The zero-order chi connectivity index (χ0) is 16.5. The fraction of sp³-hybridized carbons (Fsp3) is 0.0714. The van der Waals surface area contributed by atoms with Gasteiger partial charge < -0.3 is 10.5 Å². The normalized spacial score (nSPS) is 11.3. The summed E-state index contributed by atoms with van der Waals surface area (Å²) < 4.78 is 67.5. The lowest BCUT2D eigenvalue weighted by molar-refractivity contribution is -0.274. The number of benzene rings is 2. The predicted molar refractivity (Wildman–Crippen MR) is 67.0 cm³/mol. The topological polar surface area (TPSA) is 52.3 Å². The van der Waals surface area contributed by atoms with E-state index in [1.54, 1.807) is 0 Å². The molecule has 0 aromatic heterocycles. The van der Waals surface area contributed by atoms with Crippen molar-refractivity contribution in [1.82, 2.24) is 0 Å². The van der Waals surface area contributed by atoms with E-state index in [1.807, 2.05) is 0 Å². The number of hydrogen-bond donors (Lipinski definition) is 1. The van der Waals surface area contributed by atoms with Gasteiger partial charge in [-0.05, 0) is 29.8 Å². The molecule has 0 saturated carbocycles. The molecule has 0 spiro atoms. The number of rotatable bonds is 3. The van der Waals surface area contributed by atoms with Crippen molar-refractivity contribution in [3.63, 3.8) is 0 Å². The molecule has 1 amide bonds. The van der Waals surface area contributed by atoms with Crippen LogP contribution < -0.4 is 10.5 Å². The SMILES string of the molecule is NC(=O)c1cc(F)c(F)c(-c2cccc(OC(F)(F)F)c2)c1. The Morgan fingerprint density at radius 1 is 1.09 bits per heavy atom. The van der Waals surface area contributed by atoms with Gasteiger partial charge in [-0.15, -0.1) is 13.2 Å². The van der Waals surface area contributed by atoms with Crippen LogP contribution in [-0.4, -0.2) is 12.3 Å². The molecule has 0 saturated heterocycles. The third-order valence-electron chi connectivity index (χ3n) is 2.69. The first-order valence-electron chi connectivity index (χ1n) is 5.82. The van der Waals surface area contributed by atoms with Gasteiger partial charge in [0.1, 0.15) is 5.75 Å². The van der Waals surface area contributed by atoms with Gasteiger partial charge in [-0.1, -0.05) is 12.1 Å².